The van der Waals surface area contributed by atoms with Gasteiger partial charge in [0.1, 0.15) is 5.01 Å². The summed E-state index contributed by atoms with van der Waals surface area (Å²) in [5, 5.41) is 9.57. The van der Waals surface area contributed by atoms with Crippen LogP contribution in [-0.4, -0.2) is 21.0 Å². The molecule has 0 aliphatic rings. The van der Waals surface area contributed by atoms with E-state index in [1.165, 1.54) is 11.3 Å². The molecule has 0 aliphatic carbocycles. The zero-order chi connectivity index (χ0) is 12.4. The number of carboxylic acid groups (broad SMARTS) is 1. The van der Waals surface area contributed by atoms with Crippen molar-refractivity contribution in [2.75, 3.05) is 0 Å². The fourth-order valence-electron chi connectivity index (χ4n) is 1.38. The molecule has 0 aliphatic heterocycles. The molecule has 0 radical (unpaired) electrons. The van der Waals surface area contributed by atoms with Gasteiger partial charge in [0.15, 0.2) is 0 Å². The van der Waals surface area contributed by atoms with E-state index in [1.54, 1.807) is 12.4 Å². The lowest BCUT2D eigenvalue weighted by molar-refractivity contribution is -0.136. The molecule has 4 nitrogen and oxygen atoms in total. The Morgan fingerprint density at radius 3 is 2.94 bits per heavy atom. The SMILES string of the molecule is Cc1nc(-c2cncc(Br)c2)sc1CC(=O)O. The molecular formula is C11H9BrN2O2S. The van der Waals surface area contributed by atoms with E-state index < -0.39 is 5.97 Å². The van der Waals surface area contributed by atoms with Crippen LogP contribution in [0, 0.1) is 6.92 Å². The van der Waals surface area contributed by atoms with Crippen molar-refractivity contribution in [2.45, 2.75) is 13.3 Å². The molecule has 0 amide bonds. The maximum absolute atomic E-state index is 10.7. The smallest absolute Gasteiger partial charge is 0.308 e. The number of carbonyl (C=O) groups is 1. The number of aliphatic carboxylic acids is 1. The Bertz CT molecular complexity index is 568. The third-order valence-electron chi connectivity index (χ3n) is 2.16. The van der Waals surface area contributed by atoms with Gasteiger partial charge >= 0.3 is 5.97 Å². The minimum Gasteiger partial charge on any atom is -0.481 e. The molecule has 0 atom stereocenters. The van der Waals surface area contributed by atoms with Gasteiger partial charge in [0.05, 0.1) is 12.1 Å². The molecule has 2 aromatic heterocycles. The van der Waals surface area contributed by atoms with E-state index in [2.05, 4.69) is 25.9 Å². The van der Waals surface area contributed by atoms with Gasteiger partial charge in [0.25, 0.3) is 0 Å². The van der Waals surface area contributed by atoms with Crippen molar-refractivity contribution in [1.82, 2.24) is 9.97 Å². The summed E-state index contributed by atoms with van der Waals surface area (Å²) in [6.45, 7) is 1.82. The predicted molar refractivity (Wildman–Crippen MR) is 69.1 cm³/mol. The molecule has 0 spiro atoms. The summed E-state index contributed by atoms with van der Waals surface area (Å²) in [5.74, 6) is -0.837. The van der Waals surface area contributed by atoms with Gasteiger partial charge in [-0.05, 0) is 28.9 Å². The van der Waals surface area contributed by atoms with E-state index in [0.29, 0.717) is 0 Å². The number of thiazole rings is 1. The number of pyridine rings is 1. The number of rotatable bonds is 3. The number of nitrogens with zero attached hydrogens (tertiary/aromatic N) is 2. The monoisotopic (exact) mass is 312 g/mol. The molecule has 88 valence electrons. The molecule has 6 heteroatoms. The molecule has 2 rings (SSSR count). The number of aromatic nitrogens is 2. The maximum atomic E-state index is 10.7. The highest BCUT2D eigenvalue weighted by Crippen LogP contribution is 2.29. The van der Waals surface area contributed by atoms with Crippen molar-refractivity contribution >= 4 is 33.2 Å². The third kappa shape index (κ3) is 2.89. The molecule has 0 fully saturated rings. The zero-order valence-electron chi connectivity index (χ0n) is 8.98. The quantitative estimate of drug-likeness (QED) is 0.946. The summed E-state index contributed by atoms with van der Waals surface area (Å²) in [6.07, 6.45) is 3.43. The first-order valence-corrected chi connectivity index (χ1v) is 6.46. The van der Waals surface area contributed by atoms with Crippen LogP contribution in [0.3, 0.4) is 0 Å². The zero-order valence-corrected chi connectivity index (χ0v) is 11.4. The number of halogens is 1. The molecular weight excluding hydrogens is 304 g/mol. The lowest BCUT2D eigenvalue weighted by Crippen LogP contribution is -1.99. The Kier molecular flexibility index (Phi) is 3.54. The topological polar surface area (TPSA) is 63.1 Å². The summed E-state index contributed by atoms with van der Waals surface area (Å²) in [5.41, 5.74) is 1.66. The number of hydrogen-bond donors (Lipinski definition) is 1. The fraction of sp³-hybridized carbons (Fsp3) is 0.182. The van der Waals surface area contributed by atoms with Crippen molar-refractivity contribution in [3.63, 3.8) is 0 Å². The third-order valence-corrected chi connectivity index (χ3v) is 3.80. The van der Waals surface area contributed by atoms with Gasteiger partial charge in [-0.1, -0.05) is 0 Å². The lowest BCUT2D eigenvalue weighted by atomic mass is 10.3. The van der Waals surface area contributed by atoms with Crippen LogP contribution >= 0.6 is 27.3 Å². The van der Waals surface area contributed by atoms with Crippen LogP contribution < -0.4 is 0 Å². The van der Waals surface area contributed by atoms with Crippen LogP contribution in [0.5, 0.6) is 0 Å². The Balaban J connectivity index is 2.37. The van der Waals surface area contributed by atoms with Crippen molar-refractivity contribution in [3.05, 3.63) is 33.5 Å². The summed E-state index contributed by atoms with van der Waals surface area (Å²) in [4.78, 5) is 19.9. The van der Waals surface area contributed by atoms with E-state index in [-0.39, 0.29) is 6.42 Å². The van der Waals surface area contributed by atoms with Crippen LogP contribution in [0.25, 0.3) is 10.6 Å². The summed E-state index contributed by atoms with van der Waals surface area (Å²) in [6, 6.07) is 1.91. The normalized spacial score (nSPS) is 10.5. The standard InChI is InChI=1S/C11H9BrN2O2S/c1-6-9(3-10(15)16)17-11(14-6)7-2-8(12)5-13-4-7/h2,4-5H,3H2,1H3,(H,15,16). The van der Waals surface area contributed by atoms with Crippen LogP contribution in [0.15, 0.2) is 22.9 Å². The summed E-state index contributed by atoms with van der Waals surface area (Å²) in [7, 11) is 0. The van der Waals surface area contributed by atoms with Gasteiger partial charge in [-0.15, -0.1) is 11.3 Å². The Morgan fingerprint density at radius 1 is 1.53 bits per heavy atom. The Hall–Kier alpha value is -1.27. The second-order valence-electron chi connectivity index (χ2n) is 3.49. The van der Waals surface area contributed by atoms with Crippen LogP contribution in [0.4, 0.5) is 0 Å². The Labute approximate surface area is 110 Å². The number of hydrogen-bond acceptors (Lipinski definition) is 4. The minimum absolute atomic E-state index is 0.0188. The predicted octanol–water partition coefficient (Wildman–Crippen LogP) is 2.90. The van der Waals surface area contributed by atoms with Crippen molar-refractivity contribution in [1.29, 1.82) is 0 Å². The summed E-state index contributed by atoms with van der Waals surface area (Å²) < 4.78 is 0.877. The van der Waals surface area contributed by atoms with Gasteiger partial charge in [-0.2, -0.15) is 0 Å². The fourth-order valence-corrected chi connectivity index (χ4v) is 2.78. The first kappa shape index (κ1) is 12.2. The van der Waals surface area contributed by atoms with Crippen molar-refractivity contribution in [3.8, 4) is 10.6 Å². The molecule has 0 saturated carbocycles. The second kappa shape index (κ2) is 4.93. The summed E-state index contributed by atoms with van der Waals surface area (Å²) >= 11 is 4.74. The van der Waals surface area contributed by atoms with E-state index in [1.807, 2.05) is 13.0 Å². The molecule has 1 N–H and O–H groups in total. The van der Waals surface area contributed by atoms with Gasteiger partial charge in [0, 0.05) is 27.3 Å². The highest BCUT2D eigenvalue weighted by atomic mass is 79.9. The first-order valence-electron chi connectivity index (χ1n) is 4.85. The van der Waals surface area contributed by atoms with Crippen LogP contribution in [0.2, 0.25) is 0 Å². The maximum Gasteiger partial charge on any atom is 0.308 e. The average molecular weight is 313 g/mol. The van der Waals surface area contributed by atoms with E-state index in [9.17, 15) is 4.79 Å². The van der Waals surface area contributed by atoms with Gasteiger partial charge in [0.2, 0.25) is 0 Å². The number of carboxylic acids is 1. The van der Waals surface area contributed by atoms with Crippen LogP contribution in [0.1, 0.15) is 10.6 Å². The van der Waals surface area contributed by atoms with Gasteiger partial charge in [-0.3, -0.25) is 9.78 Å². The molecule has 0 bridgehead atoms. The molecule has 0 unspecified atom stereocenters. The highest BCUT2D eigenvalue weighted by molar-refractivity contribution is 9.10. The van der Waals surface area contributed by atoms with E-state index >= 15 is 0 Å². The lowest BCUT2D eigenvalue weighted by Gasteiger charge is -1.95. The van der Waals surface area contributed by atoms with Gasteiger partial charge in [-0.25, -0.2) is 4.98 Å². The second-order valence-corrected chi connectivity index (χ2v) is 5.49. The Morgan fingerprint density at radius 2 is 2.29 bits per heavy atom. The highest BCUT2D eigenvalue weighted by Gasteiger charge is 2.12. The minimum atomic E-state index is -0.837. The molecule has 2 aromatic rings. The average Bonchev–Trinajstić information content (AvgIpc) is 2.59. The van der Waals surface area contributed by atoms with Gasteiger partial charge < -0.3 is 5.11 Å². The molecule has 2 heterocycles. The molecule has 17 heavy (non-hydrogen) atoms. The van der Waals surface area contributed by atoms with E-state index in [0.717, 1.165) is 25.6 Å². The van der Waals surface area contributed by atoms with Crippen molar-refractivity contribution < 1.29 is 9.90 Å². The van der Waals surface area contributed by atoms with E-state index in [4.69, 9.17) is 5.11 Å². The molecule has 0 saturated heterocycles. The van der Waals surface area contributed by atoms with Crippen molar-refractivity contribution in [2.24, 2.45) is 0 Å². The number of aryl methyl sites for hydroxylation is 1. The van der Waals surface area contributed by atoms with Crippen LogP contribution in [-0.2, 0) is 11.2 Å². The first-order chi connectivity index (χ1) is 8.06. The molecule has 0 aromatic carbocycles. The largest absolute Gasteiger partial charge is 0.481 e.